The fourth-order valence-corrected chi connectivity index (χ4v) is 2.32. The maximum Gasteiger partial charge on any atom is 0.416 e. The first kappa shape index (κ1) is 17.3. The maximum atomic E-state index is 13.0. The molecule has 1 fully saturated rings. The molecule has 0 aliphatic heterocycles. The summed E-state index contributed by atoms with van der Waals surface area (Å²) in [5.41, 5.74) is 4.35. The van der Waals surface area contributed by atoms with Crippen molar-refractivity contribution in [1.82, 2.24) is 5.32 Å². The van der Waals surface area contributed by atoms with Gasteiger partial charge in [-0.25, -0.2) is 0 Å². The topological polar surface area (TPSA) is 84.2 Å². The van der Waals surface area contributed by atoms with Crippen molar-refractivity contribution in [3.63, 3.8) is 0 Å². The fourth-order valence-electron chi connectivity index (χ4n) is 2.32. The molecule has 126 valence electrons. The standard InChI is InChI=1S/C15H18F3N3O2/c1-8(22)20-12-5-10(4-11(6-12)15(16,17)18)14(23)21-13(7-19)9-2-3-9/h4-6,9,13H,2-3,7,19H2,1H3,(H,20,22)(H,21,23). The lowest BCUT2D eigenvalue weighted by Gasteiger charge is -2.17. The molecule has 0 radical (unpaired) electrons. The summed E-state index contributed by atoms with van der Waals surface area (Å²) in [6.07, 6.45) is -2.73. The zero-order valence-electron chi connectivity index (χ0n) is 12.5. The van der Waals surface area contributed by atoms with E-state index in [0.29, 0.717) is 0 Å². The number of carbonyl (C=O) groups is 2. The average Bonchev–Trinajstić information content (AvgIpc) is 3.27. The van der Waals surface area contributed by atoms with E-state index >= 15 is 0 Å². The highest BCUT2D eigenvalue weighted by molar-refractivity contribution is 5.97. The molecular weight excluding hydrogens is 311 g/mol. The highest BCUT2D eigenvalue weighted by Crippen LogP contribution is 2.33. The molecule has 0 bridgehead atoms. The van der Waals surface area contributed by atoms with Crippen LogP contribution < -0.4 is 16.4 Å². The van der Waals surface area contributed by atoms with Gasteiger partial charge in [-0.2, -0.15) is 13.2 Å². The van der Waals surface area contributed by atoms with Crippen molar-refractivity contribution in [2.24, 2.45) is 11.7 Å². The molecular formula is C15H18F3N3O2. The summed E-state index contributed by atoms with van der Waals surface area (Å²) in [6, 6.07) is 2.52. The normalized spacial score (nSPS) is 15.9. The Morgan fingerprint density at radius 2 is 1.96 bits per heavy atom. The predicted molar refractivity (Wildman–Crippen MR) is 78.8 cm³/mol. The second-order valence-electron chi connectivity index (χ2n) is 5.63. The Morgan fingerprint density at radius 3 is 2.43 bits per heavy atom. The van der Waals surface area contributed by atoms with E-state index in [9.17, 15) is 22.8 Å². The summed E-state index contributed by atoms with van der Waals surface area (Å²) < 4.78 is 38.9. The zero-order valence-corrected chi connectivity index (χ0v) is 12.5. The fraction of sp³-hybridized carbons (Fsp3) is 0.467. The summed E-state index contributed by atoms with van der Waals surface area (Å²) in [7, 11) is 0. The summed E-state index contributed by atoms with van der Waals surface area (Å²) in [6.45, 7) is 1.41. The lowest BCUT2D eigenvalue weighted by molar-refractivity contribution is -0.137. The van der Waals surface area contributed by atoms with E-state index in [0.717, 1.165) is 25.0 Å². The molecule has 2 amide bonds. The number of nitrogens with two attached hydrogens (primary N) is 1. The van der Waals surface area contributed by atoms with Crippen LogP contribution in [0.3, 0.4) is 0 Å². The van der Waals surface area contributed by atoms with E-state index < -0.39 is 23.6 Å². The average molecular weight is 329 g/mol. The number of nitrogens with one attached hydrogen (secondary N) is 2. The largest absolute Gasteiger partial charge is 0.416 e. The molecule has 1 aliphatic rings. The van der Waals surface area contributed by atoms with Gasteiger partial charge in [-0.05, 0) is 37.0 Å². The van der Waals surface area contributed by atoms with E-state index in [1.54, 1.807) is 0 Å². The molecule has 4 N–H and O–H groups in total. The van der Waals surface area contributed by atoms with Crippen molar-refractivity contribution < 1.29 is 22.8 Å². The third kappa shape index (κ3) is 4.69. The van der Waals surface area contributed by atoms with Gasteiger partial charge in [0.05, 0.1) is 5.56 Å². The quantitative estimate of drug-likeness (QED) is 0.774. The van der Waals surface area contributed by atoms with E-state index in [-0.39, 0.29) is 29.8 Å². The van der Waals surface area contributed by atoms with Crippen LogP contribution in [-0.2, 0) is 11.0 Å². The summed E-state index contributed by atoms with van der Waals surface area (Å²) in [4.78, 5) is 23.3. The minimum atomic E-state index is -4.62. The highest BCUT2D eigenvalue weighted by Gasteiger charge is 2.34. The van der Waals surface area contributed by atoms with Crippen molar-refractivity contribution in [2.45, 2.75) is 32.0 Å². The lowest BCUT2D eigenvalue weighted by atomic mass is 10.1. The Morgan fingerprint density at radius 1 is 1.30 bits per heavy atom. The number of rotatable bonds is 5. The highest BCUT2D eigenvalue weighted by atomic mass is 19.4. The number of carbonyl (C=O) groups excluding carboxylic acids is 2. The first-order valence-corrected chi connectivity index (χ1v) is 7.21. The molecule has 0 spiro atoms. The van der Waals surface area contributed by atoms with Crippen molar-refractivity contribution >= 4 is 17.5 Å². The zero-order chi connectivity index (χ0) is 17.2. The molecule has 0 saturated heterocycles. The first-order chi connectivity index (χ1) is 10.7. The lowest BCUT2D eigenvalue weighted by Crippen LogP contribution is -2.41. The van der Waals surface area contributed by atoms with Gasteiger partial charge in [0.25, 0.3) is 5.91 Å². The van der Waals surface area contributed by atoms with Crippen LogP contribution in [0, 0.1) is 5.92 Å². The SMILES string of the molecule is CC(=O)Nc1cc(C(=O)NC(CN)C2CC2)cc(C(F)(F)F)c1. The first-order valence-electron chi connectivity index (χ1n) is 7.21. The van der Waals surface area contributed by atoms with Gasteiger partial charge in [0.2, 0.25) is 5.91 Å². The Hall–Kier alpha value is -2.09. The second kappa shape index (κ2) is 6.57. The van der Waals surface area contributed by atoms with Crippen LogP contribution in [0.5, 0.6) is 0 Å². The molecule has 8 heteroatoms. The van der Waals surface area contributed by atoms with Crippen molar-refractivity contribution in [3.05, 3.63) is 29.3 Å². The Kier molecular flexibility index (Phi) is 4.93. The molecule has 1 atom stereocenters. The van der Waals surface area contributed by atoms with Gasteiger partial charge in [-0.15, -0.1) is 0 Å². The third-order valence-electron chi connectivity index (χ3n) is 3.60. The molecule has 5 nitrogen and oxygen atoms in total. The molecule has 0 aromatic heterocycles. The van der Waals surface area contributed by atoms with E-state index in [1.807, 2.05) is 0 Å². The van der Waals surface area contributed by atoms with Gasteiger partial charge < -0.3 is 16.4 Å². The second-order valence-corrected chi connectivity index (χ2v) is 5.63. The molecule has 1 aromatic carbocycles. The molecule has 0 heterocycles. The molecule has 23 heavy (non-hydrogen) atoms. The summed E-state index contributed by atoms with van der Waals surface area (Å²) >= 11 is 0. The Labute approximate surface area is 131 Å². The molecule has 2 rings (SSSR count). The van der Waals surface area contributed by atoms with Crippen molar-refractivity contribution in [1.29, 1.82) is 0 Å². The molecule has 1 aromatic rings. The number of amides is 2. The third-order valence-corrected chi connectivity index (χ3v) is 3.60. The number of anilines is 1. The van der Waals surface area contributed by atoms with Gasteiger partial charge in [-0.1, -0.05) is 0 Å². The van der Waals surface area contributed by atoms with E-state index in [4.69, 9.17) is 5.73 Å². The van der Waals surface area contributed by atoms with E-state index in [1.165, 1.54) is 13.0 Å². The monoisotopic (exact) mass is 329 g/mol. The van der Waals surface area contributed by atoms with Crippen LogP contribution in [0.25, 0.3) is 0 Å². The number of hydrogen-bond donors (Lipinski definition) is 3. The van der Waals surface area contributed by atoms with Crippen molar-refractivity contribution in [3.8, 4) is 0 Å². The van der Waals surface area contributed by atoms with Crippen LogP contribution in [0.4, 0.5) is 18.9 Å². The van der Waals surface area contributed by atoms with Crippen LogP contribution in [0.15, 0.2) is 18.2 Å². The van der Waals surface area contributed by atoms with Crippen LogP contribution in [-0.4, -0.2) is 24.4 Å². The smallest absolute Gasteiger partial charge is 0.348 e. The number of halogens is 3. The van der Waals surface area contributed by atoms with Crippen molar-refractivity contribution in [2.75, 3.05) is 11.9 Å². The van der Waals surface area contributed by atoms with Gasteiger partial charge in [0.15, 0.2) is 0 Å². The number of benzene rings is 1. The maximum absolute atomic E-state index is 13.0. The van der Waals surface area contributed by atoms with Gasteiger partial charge in [-0.3, -0.25) is 9.59 Å². The van der Waals surface area contributed by atoms with Crippen LogP contribution in [0.2, 0.25) is 0 Å². The Balaban J connectivity index is 2.28. The molecule has 1 aliphatic carbocycles. The summed E-state index contributed by atoms with van der Waals surface area (Å²) in [5, 5.41) is 4.93. The Bertz CT molecular complexity index is 612. The minimum Gasteiger partial charge on any atom is -0.348 e. The van der Waals surface area contributed by atoms with Crippen LogP contribution in [0.1, 0.15) is 35.7 Å². The van der Waals surface area contributed by atoms with Gasteiger partial charge in [0, 0.05) is 30.8 Å². The summed E-state index contributed by atoms with van der Waals surface area (Å²) in [5.74, 6) is -0.872. The van der Waals surface area contributed by atoms with Crippen LogP contribution >= 0.6 is 0 Å². The van der Waals surface area contributed by atoms with Gasteiger partial charge >= 0.3 is 6.18 Å². The number of alkyl halides is 3. The molecule has 1 unspecified atom stereocenters. The molecule has 1 saturated carbocycles. The van der Waals surface area contributed by atoms with E-state index in [2.05, 4.69) is 10.6 Å². The predicted octanol–water partition coefficient (Wildman–Crippen LogP) is 2.13. The minimum absolute atomic E-state index is 0.0757. The number of hydrogen-bond acceptors (Lipinski definition) is 3. The van der Waals surface area contributed by atoms with Gasteiger partial charge in [0.1, 0.15) is 0 Å².